The fourth-order valence-electron chi connectivity index (χ4n) is 3.04. The molecule has 0 fully saturated rings. The van der Waals surface area contributed by atoms with Crippen LogP contribution in [0.5, 0.6) is 11.8 Å². The molecule has 2 amide bonds. The number of halogens is 5. The molecule has 4 aromatic rings. The number of carbonyl (C=O) groups excluding carboxylic acids is 1. The van der Waals surface area contributed by atoms with E-state index in [0.29, 0.717) is 22.2 Å². The summed E-state index contributed by atoms with van der Waals surface area (Å²) in [4.78, 5) is 24.2. The number of amides is 2. The van der Waals surface area contributed by atoms with Crippen LogP contribution in [0.3, 0.4) is 0 Å². The van der Waals surface area contributed by atoms with Crippen LogP contribution in [0.2, 0.25) is 10.0 Å². The van der Waals surface area contributed by atoms with Crippen molar-refractivity contribution >= 4 is 46.4 Å². The first kappa shape index (κ1) is 25.0. The standard InChI is InChI=1S/C23H15Cl2F3N6O2/c24-13-7-17(20(29)30-9-13)12-1-4-16(5-2-12)36-22-31-10-15(11-32-22)34-21(35)33-14-3-6-19(25)18(8-14)23(26,27)28/h1-11H,(H2,29,30)(H2,33,34,35). The molecule has 0 spiro atoms. The molecule has 0 aliphatic carbocycles. The molecule has 0 unspecified atom stereocenters. The Labute approximate surface area is 212 Å². The van der Waals surface area contributed by atoms with Crippen molar-refractivity contribution in [1.29, 1.82) is 0 Å². The van der Waals surface area contributed by atoms with Gasteiger partial charge < -0.3 is 21.1 Å². The maximum atomic E-state index is 13.0. The Morgan fingerprint density at radius 2 is 1.56 bits per heavy atom. The highest BCUT2D eigenvalue weighted by atomic mass is 35.5. The SMILES string of the molecule is Nc1ncc(Cl)cc1-c1ccc(Oc2ncc(NC(=O)Nc3ccc(Cl)c(C(F)(F)F)c3)cn2)cc1. The molecule has 0 saturated carbocycles. The zero-order chi connectivity index (χ0) is 25.9. The Kier molecular flexibility index (Phi) is 7.13. The van der Waals surface area contributed by atoms with Crippen LogP contribution in [-0.4, -0.2) is 21.0 Å². The molecule has 0 saturated heterocycles. The highest BCUT2D eigenvalue weighted by Gasteiger charge is 2.33. The number of alkyl halides is 3. The number of pyridine rings is 1. The summed E-state index contributed by atoms with van der Waals surface area (Å²) in [6, 6.07) is 10.8. The number of hydrogen-bond acceptors (Lipinski definition) is 6. The van der Waals surface area contributed by atoms with E-state index < -0.39 is 22.8 Å². The summed E-state index contributed by atoms with van der Waals surface area (Å²) < 4.78 is 44.5. The van der Waals surface area contributed by atoms with Gasteiger partial charge in [0.15, 0.2) is 0 Å². The highest BCUT2D eigenvalue weighted by molar-refractivity contribution is 6.31. The number of ether oxygens (including phenoxy) is 1. The summed E-state index contributed by atoms with van der Waals surface area (Å²) in [6.07, 6.45) is -0.650. The fourth-order valence-corrected chi connectivity index (χ4v) is 3.42. The fraction of sp³-hybridized carbons (Fsp3) is 0.0435. The summed E-state index contributed by atoms with van der Waals surface area (Å²) in [6.45, 7) is 0. The Morgan fingerprint density at radius 3 is 2.22 bits per heavy atom. The van der Waals surface area contributed by atoms with E-state index in [1.807, 2.05) is 0 Å². The minimum Gasteiger partial charge on any atom is -0.424 e. The van der Waals surface area contributed by atoms with Crippen molar-refractivity contribution in [2.45, 2.75) is 6.18 Å². The minimum absolute atomic E-state index is 0.00478. The van der Waals surface area contributed by atoms with Gasteiger partial charge in [0.05, 0.1) is 33.7 Å². The van der Waals surface area contributed by atoms with Crippen molar-refractivity contribution in [2.75, 3.05) is 16.4 Å². The second-order valence-electron chi connectivity index (χ2n) is 7.24. The van der Waals surface area contributed by atoms with Gasteiger partial charge in [-0.15, -0.1) is 0 Å². The first-order valence-electron chi connectivity index (χ1n) is 10.0. The lowest BCUT2D eigenvalue weighted by atomic mass is 10.1. The molecule has 0 bridgehead atoms. The van der Waals surface area contributed by atoms with Gasteiger partial charge in [0.1, 0.15) is 11.6 Å². The summed E-state index contributed by atoms with van der Waals surface area (Å²) in [5, 5.41) is 4.69. The number of aromatic nitrogens is 3. The number of carbonyl (C=O) groups is 1. The van der Waals surface area contributed by atoms with Crippen LogP contribution in [0.1, 0.15) is 5.56 Å². The molecule has 2 aromatic heterocycles. The Bertz CT molecular complexity index is 1400. The molecule has 0 radical (unpaired) electrons. The second-order valence-corrected chi connectivity index (χ2v) is 8.08. The van der Waals surface area contributed by atoms with E-state index >= 15 is 0 Å². The first-order chi connectivity index (χ1) is 17.1. The summed E-state index contributed by atoms with van der Waals surface area (Å²) in [7, 11) is 0. The molecular formula is C23H15Cl2F3N6O2. The van der Waals surface area contributed by atoms with Gasteiger partial charge in [0.2, 0.25) is 0 Å². The number of nitrogens with one attached hydrogen (secondary N) is 2. The molecule has 2 aromatic carbocycles. The summed E-state index contributed by atoms with van der Waals surface area (Å²) in [5.74, 6) is 0.773. The normalized spacial score (nSPS) is 11.1. The van der Waals surface area contributed by atoms with Crippen LogP contribution in [0.25, 0.3) is 11.1 Å². The molecule has 36 heavy (non-hydrogen) atoms. The van der Waals surface area contributed by atoms with E-state index in [0.717, 1.165) is 17.7 Å². The number of benzene rings is 2. The monoisotopic (exact) mass is 534 g/mol. The van der Waals surface area contributed by atoms with Crippen LogP contribution in [0.4, 0.5) is 35.2 Å². The van der Waals surface area contributed by atoms with E-state index in [4.69, 9.17) is 33.7 Å². The largest absolute Gasteiger partial charge is 0.424 e. The predicted octanol–water partition coefficient (Wildman–Crippen LogP) is 6.88. The number of nitrogens with two attached hydrogens (primary N) is 1. The van der Waals surface area contributed by atoms with Crippen molar-refractivity contribution < 1.29 is 22.7 Å². The molecule has 0 aliphatic rings. The number of hydrogen-bond donors (Lipinski definition) is 3. The first-order valence-corrected chi connectivity index (χ1v) is 10.8. The third-order valence-corrected chi connectivity index (χ3v) is 5.21. The second kappa shape index (κ2) is 10.3. The maximum Gasteiger partial charge on any atom is 0.417 e. The number of urea groups is 1. The van der Waals surface area contributed by atoms with E-state index in [1.54, 1.807) is 30.3 Å². The minimum atomic E-state index is -4.66. The van der Waals surface area contributed by atoms with Crippen molar-refractivity contribution in [1.82, 2.24) is 15.0 Å². The lowest BCUT2D eigenvalue weighted by molar-refractivity contribution is -0.137. The van der Waals surface area contributed by atoms with Crippen LogP contribution in [0, 0.1) is 0 Å². The number of rotatable bonds is 5. The number of nitrogen functional groups attached to an aromatic ring is 1. The van der Waals surface area contributed by atoms with Crippen molar-refractivity contribution in [3.8, 4) is 22.9 Å². The molecular weight excluding hydrogens is 520 g/mol. The van der Waals surface area contributed by atoms with Crippen LogP contribution in [-0.2, 0) is 6.18 Å². The topological polar surface area (TPSA) is 115 Å². The lowest BCUT2D eigenvalue weighted by Gasteiger charge is -2.12. The van der Waals surface area contributed by atoms with Gasteiger partial charge in [0, 0.05) is 17.4 Å². The highest BCUT2D eigenvalue weighted by Crippen LogP contribution is 2.36. The van der Waals surface area contributed by atoms with E-state index in [-0.39, 0.29) is 17.4 Å². The predicted molar refractivity (Wildman–Crippen MR) is 130 cm³/mol. The maximum absolute atomic E-state index is 13.0. The van der Waals surface area contributed by atoms with Gasteiger partial charge in [-0.1, -0.05) is 35.3 Å². The molecule has 4 N–H and O–H groups in total. The molecule has 13 heteroatoms. The molecule has 4 rings (SSSR count). The zero-order valence-corrected chi connectivity index (χ0v) is 19.5. The van der Waals surface area contributed by atoms with E-state index in [1.165, 1.54) is 24.7 Å². The van der Waals surface area contributed by atoms with Gasteiger partial charge in [-0.05, 0) is 42.0 Å². The quantitative estimate of drug-likeness (QED) is 0.257. The van der Waals surface area contributed by atoms with Crippen LogP contribution >= 0.6 is 23.2 Å². The lowest BCUT2D eigenvalue weighted by Crippen LogP contribution is -2.20. The van der Waals surface area contributed by atoms with Gasteiger partial charge in [0.25, 0.3) is 0 Å². The average Bonchev–Trinajstić information content (AvgIpc) is 2.83. The van der Waals surface area contributed by atoms with Crippen molar-refractivity contribution in [2.24, 2.45) is 0 Å². The molecule has 184 valence electrons. The summed E-state index contributed by atoms with van der Waals surface area (Å²) >= 11 is 11.6. The Morgan fingerprint density at radius 1 is 0.889 bits per heavy atom. The Balaban J connectivity index is 1.37. The van der Waals surface area contributed by atoms with E-state index in [2.05, 4.69) is 25.6 Å². The Hall–Kier alpha value is -4.09. The zero-order valence-electron chi connectivity index (χ0n) is 18.0. The third-order valence-electron chi connectivity index (χ3n) is 4.68. The number of anilines is 3. The van der Waals surface area contributed by atoms with Gasteiger partial charge in [-0.2, -0.15) is 13.2 Å². The molecule has 0 aliphatic heterocycles. The van der Waals surface area contributed by atoms with E-state index in [9.17, 15) is 18.0 Å². The van der Waals surface area contributed by atoms with Gasteiger partial charge in [-0.25, -0.2) is 19.7 Å². The number of nitrogens with zero attached hydrogens (tertiary/aromatic N) is 3. The van der Waals surface area contributed by atoms with Crippen LogP contribution < -0.4 is 21.1 Å². The molecule has 2 heterocycles. The third kappa shape index (κ3) is 6.12. The van der Waals surface area contributed by atoms with Gasteiger partial charge >= 0.3 is 18.2 Å². The summed E-state index contributed by atoms with van der Waals surface area (Å²) in [5.41, 5.74) is 6.38. The van der Waals surface area contributed by atoms with Crippen LogP contribution in [0.15, 0.2) is 67.1 Å². The van der Waals surface area contributed by atoms with Crippen molar-refractivity contribution in [3.63, 3.8) is 0 Å². The van der Waals surface area contributed by atoms with Crippen molar-refractivity contribution in [3.05, 3.63) is 82.7 Å². The average molecular weight is 535 g/mol. The molecule has 8 nitrogen and oxygen atoms in total. The molecule has 0 atom stereocenters. The smallest absolute Gasteiger partial charge is 0.417 e. The van der Waals surface area contributed by atoms with Gasteiger partial charge in [-0.3, -0.25) is 0 Å².